The molecule has 0 radical (unpaired) electrons. The molecular weight excluding hydrogens is 327 g/mol. The molecule has 0 bridgehead atoms. The Hall–Kier alpha value is -2.44. The lowest BCUT2D eigenvalue weighted by molar-refractivity contribution is -0.133. The number of benzene rings is 3. The summed E-state index contributed by atoms with van der Waals surface area (Å²) in [4.78, 5) is 11.9. The molecule has 3 rings (SSSR count). The van der Waals surface area contributed by atoms with E-state index < -0.39 is 5.41 Å². The van der Waals surface area contributed by atoms with Gasteiger partial charge in [-0.05, 0) is 23.1 Å². The van der Waals surface area contributed by atoms with E-state index in [1.807, 2.05) is 64.1 Å². The van der Waals surface area contributed by atoms with Gasteiger partial charge in [0.05, 0.1) is 9.47 Å². The van der Waals surface area contributed by atoms with Gasteiger partial charge in [0.15, 0.2) is 0 Å². The topological polar surface area (TPSA) is 26.3 Å². The Morgan fingerprint density at radius 2 is 1.08 bits per heavy atom. The zero-order valence-electron chi connectivity index (χ0n) is 14.0. The van der Waals surface area contributed by atoms with Crippen LogP contribution in [0.1, 0.15) is 29.5 Å². The number of hydrogen-bond donors (Lipinski definition) is 0. The van der Waals surface area contributed by atoms with E-state index in [1.165, 1.54) is 16.7 Å². The van der Waals surface area contributed by atoms with Crippen molar-refractivity contribution in [3.05, 3.63) is 108 Å². The number of carbonyl (C=O) groups excluding carboxylic acids is 1. The lowest BCUT2D eigenvalue weighted by Gasteiger charge is -2.36. The summed E-state index contributed by atoms with van der Waals surface area (Å²) in [6.45, 7) is 0. The Bertz CT molecular complexity index is 705. The molecule has 3 aromatic rings. The first-order valence-corrected chi connectivity index (χ1v) is 8.80. The Morgan fingerprint density at radius 3 is 1.40 bits per heavy atom. The van der Waals surface area contributed by atoms with Crippen LogP contribution in [-0.4, -0.2) is 5.97 Å². The third kappa shape index (κ3) is 3.65. The summed E-state index contributed by atoms with van der Waals surface area (Å²) < 4.78 is 4.83. The predicted octanol–water partition coefficient (Wildman–Crippen LogP) is 5.13. The summed E-state index contributed by atoms with van der Waals surface area (Å²) in [7, 11) is 2.05. The zero-order valence-corrected chi connectivity index (χ0v) is 15.1. The average molecular weight is 348 g/mol. The van der Waals surface area contributed by atoms with Crippen molar-refractivity contribution in [1.29, 1.82) is 0 Å². The average Bonchev–Trinajstić information content (AvgIpc) is 2.71. The van der Waals surface area contributed by atoms with Gasteiger partial charge < -0.3 is 4.52 Å². The van der Waals surface area contributed by atoms with Crippen LogP contribution >= 0.6 is 9.47 Å². The molecule has 0 heterocycles. The van der Waals surface area contributed by atoms with E-state index >= 15 is 0 Å². The van der Waals surface area contributed by atoms with E-state index in [2.05, 4.69) is 36.4 Å². The Balaban J connectivity index is 2.22. The van der Waals surface area contributed by atoms with Crippen molar-refractivity contribution < 1.29 is 9.32 Å². The number of hydrogen-bond acceptors (Lipinski definition) is 2. The molecule has 126 valence electrons. The summed E-state index contributed by atoms with van der Waals surface area (Å²) in [6.07, 6.45) is 0.973. The molecule has 0 fully saturated rings. The highest BCUT2D eigenvalue weighted by Crippen LogP contribution is 2.43. The maximum atomic E-state index is 11.9. The molecule has 0 aliphatic rings. The van der Waals surface area contributed by atoms with Gasteiger partial charge >= 0.3 is 5.97 Å². The molecule has 1 unspecified atom stereocenters. The smallest absolute Gasteiger partial charge is 0.307 e. The van der Waals surface area contributed by atoms with Gasteiger partial charge in [-0.1, -0.05) is 91.0 Å². The first-order valence-electron chi connectivity index (χ1n) is 8.33. The molecule has 0 aliphatic heterocycles. The van der Waals surface area contributed by atoms with Crippen LogP contribution in [-0.2, 0) is 14.7 Å². The Labute approximate surface area is 151 Å². The highest BCUT2D eigenvalue weighted by atomic mass is 31.0. The molecule has 3 heteroatoms. The van der Waals surface area contributed by atoms with Crippen molar-refractivity contribution in [3.8, 4) is 0 Å². The molecular formula is C22H21O2P. The van der Waals surface area contributed by atoms with Crippen molar-refractivity contribution in [2.75, 3.05) is 0 Å². The predicted molar refractivity (Wildman–Crippen MR) is 104 cm³/mol. The van der Waals surface area contributed by atoms with Crippen LogP contribution in [0.25, 0.3) is 0 Å². The Morgan fingerprint density at radius 1 is 0.720 bits per heavy atom. The van der Waals surface area contributed by atoms with E-state index in [4.69, 9.17) is 4.52 Å². The minimum atomic E-state index is -0.400. The Kier molecular flexibility index (Phi) is 5.63. The molecule has 0 spiro atoms. The summed E-state index contributed by atoms with van der Waals surface area (Å²) in [5.74, 6) is -0.225. The molecule has 0 aromatic heterocycles. The first-order chi connectivity index (χ1) is 12.3. The van der Waals surface area contributed by atoms with Gasteiger partial charge in [-0.3, -0.25) is 4.79 Å². The van der Waals surface area contributed by atoms with Gasteiger partial charge in [0.25, 0.3) is 0 Å². The minimum absolute atomic E-state index is 0.225. The van der Waals surface area contributed by atoms with Crippen LogP contribution in [0.3, 0.4) is 0 Å². The van der Waals surface area contributed by atoms with E-state index in [0.29, 0.717) is 12.8 Å². The maximum Gasteiger partial charge on any atom is 0.307 e. The van der Waals surface area contributed by atoms with Crippen molar-refractivity contribution >= 4 is 15.4 Å². The molecule has 0 aliphatic carbocycles. The molecule has 0 saturated carbocycles. The SMILES string of the molecule is O=C(CCC(c1ccccc1)(c1ccccc1)c1ccccc1)OP. The summed E-state index contributed by atoms with van der Waals surface area (Å²) in [6, 6.07) is 31.1. The standard InChI is InChI=1S/C22H21O2P/c23-21(24-25)16-17-22(18-10-4-1-5-11-18,19-12-6-2-7-13-19)20-14-8-3-9-15-20/h1-15H,16-17,25H2. The van der Waals surface area contributed by atoms with Gasteiger partial charge in [-0.15, -0.1) is 0 Å². The quantitative estimate of drug-likeness (QED) is 0.456. The maximum absolute atomic E-state index is 11.9. The first kappa shape index (κ1) is 17.4. The third-order valence-electron chi connectivity index (χ3n) is 4.64. The summed E-state index contributed by atoms with van der Waals surface area (Å²) in [5, 5.41) is 0. The fourth-order valence-electron chi connectivity index (χ4n) is 3.45. The van der Waals surface area contributed by atoms with E-state index in [1.54, 1.807) is 0 Å². The largest absolute Gasteiger partial charge is 0.452 e. The van der Waals surface area contributed by atoms with Gasteiger partial charge in [-0.2, -0.15) is 0 Å². The van der Waals surface area contributed by atoms with Crippen LogP contribution in [0, 0.1) is 0 Å². The van der Waals surface area contributed by atoms with Gasteiger partial charge in [0, 0.05) is 11.8 Å². The second kappa shape index (κ2) is 8.09. The van der Waals surface area contributed by atoms with Crippen LogP contribution in [0.2, 0.25) is 0 Å². The molecule has 0 amide bonds. The second-order valence-electron chi connectivity index (χ2n) is 5.99. The lowest BCUT2D eigenvalue weighted by atomic mass is 9.67. The van der Waals surface area contributed by atoms with E-state index in [0.717, 1.165) is 0 Å². The molecule has 0 saturated heterocycles. The van der Waals surface area contributed by atoms with Crippen LogP contribution in [0.15, 0.2) is 91.0 Å². The van der Waals surface area contributed by atoms with Gasteiger partial charge in [-0.25, -0.2) is 0 Å². The fourth-order valence-corrected chi connectivity index (χ4v) is 3.57. The third-order valence-corrected chi connectivity index (χ3v) is 4.90. The van der Waals surface area contributed by atoms with E-state index in [-0.39, 0.29) is 5.97 Å². The molecule has 1 atom stereocenters. The molecule has 25 heavy (non-hydrogen) atoms. The molecule has 0 N–H and O–H groups in total. The van der Waals surface area contributed by atoms with Crippen molar-refractivity contribution in [3.63, 3.8) is 0 Å². The van der Waals surface area contributed by atoms with Crippen LogP contribution in [0.4, 0.5) is 0 Å². The monoisotopic (exact) mass is 348 g/mol. The van der Waals surface area contributed by atoms with Crippen LogP contribution in [0.5, 0.6) is 0 Å². The van der Waals surface area contributed by atoms with Crippen molar-refractivity contribution in [2.24, 2.45) is 0 Å². The van der Waals surface area contributed by atoms with Crippen molar-refractivity contribution in [1.82, 2.24) is 0 Å². The molecule has 3 aromatic carbocycles. The van der Waals surface area contributed by atoms with Crippen molar-refractivity contribution in [2.45, 2.75) is 18.3 Å². The zero-order chi connectivity index (χ0) is 17.5. The second-order valence-corrected chi connectivity index (χ2v) is 6.23. The number of carbonyl (C=O) groups is 1. The highest BCUT2D eigenvalue weighted by Gasteiger charge is 2.36. The highest BCUT2D eigenvalue weighted by molar-refractivity contribution is 7.10. The minimum Gasteiger partial charge on any atom is -0.452 e. The fraction of sp³-hybridized carbons (Fsp3) is 0.136. The van der Waals surface area contributed by atoms with Gasteiger partial charge in [0.1, 0.15) is 0 Å². The lowest BCUT2D eigenvalue weighted by Crippen LogP contribution is -2.30. The van der Waals surface area contributed by atoms with E-state index in [9.17, 15) is 4.79 Å². The summed E-state index contributed by atoms with van der Waals surface area (Å²) >= 11 is 0. The van der Waals surface area contributed by atoms with Crippen LogP contribution < -0.4 is 0 Å². The van der Waals surface area contributed by atoms with Gasteiger partial charge in [0.2, 0.25) is 0 Å². The molecule has 2 nitrogen and oxygen atoms in total. The normalized spacial score (nSPS) is 11.1. The summed E-state index contributed by atoms with van der Waals surface area (Å²) in [5.41, 5.74) is 3.11. The number of rotatable bonds is 6.